The number of benzene rings is 1. The van der Waals surface area contributed by atoms with Crippen LogP contribution >= 0.6 is 0 Å². The average Bonchev–Trinajstić information content (AvgIpc) is 2.90. The maximum Gasteiger partial charge on any atom is 0.206 e. The van der Waals surface area contributed by atoms with Crippen LogP contribution in [0.3, 0.4) is 0 Å². The van der Waals surface area contributed by atoms with Crippen LogP contribution in [0.5, 0.6) is 0 Å². The fourth-order valence-corrected chi connectivity index (χ4v) is 2.68. The molecule has 0 aliphatic carbocycles. The van der Waals surface area contributed by atoms with Crippen LogP contribution in [-0.2, 0) is 22.7 Å². The van der Waals surface area contributed by atoms with Gasteiger partial charge in [-0.3, -0.25) is 4.84 Å². The molecule has 7 nitrogen and oxygen atoms in total. The van der Waals surface area contributed by atoms with Crippen molar-refractivity contribution in [2.24, 2.45) is 0 Å². The first-order valence-electron chi connectivity index (χ1n) is 6.89. The first kappa shape index (κ1) is 14.9. The molecular formula is C14H19NO6. The lowest BCUT2D eigenvalue weighted by atomic mass is 9.99. The summed E-state index contributed by atoms with van der Waals surface area (Å²) in [6.07, 6.45) is -6.27. The van der Waals surface area contributed by atoms with E-state index in [1.54, 1.807) is 5.06 Å². The molecule has 0 saturated carbocycles. The molecule has 1 aromatic carbocycles. The van der Waals surface area contributed by atoms with Crippen molar-refractivity contribution in [2.45, 2.75) is 43.8 Å². The van der Waals surface area contributed by atoms with Gasteiger partial charge < -0.3 is 25.2 Å². The van der Waals surface area contributed by atoms with E-state index < -0.39 is 37.3 Å². The minimum Gasteiger partial charge on any atom is -0.394 e. The molecule has 0 spiro atoms. The number of ether oxygens (including phenoxy) is 1. The first-order valence-corrected chi connectivity index (χ1v) is 6.89. The third kappa shape index (κ3) is 2.82. The third-order valence-electron chi connectivity index (χ3n) is 3.91. The Morgan fingerprint density at radius 2 is 1.67 bits per heavy atom. The highest BCUT2D eigenvalue weighted by molar-refractivity contribution is 5.29. The molecule has 21 heavy (non-hydrogen) atoms. The number of aliphatic hydroxyl groups is 4. The van der Waals surface area contributed by atoms with Crippen molar-refractivity contribution >= 4 is 0 Å². The van der Waals surface area contributed by atoms with E-state index in [1.165, 1.54) is 0 Å². The third-order valence-corrected chi connectivity index (χ3v) is 3.91. The summed E-state index contributed by atoms with van der Waals surface area (Å²) >= 11 is 0. The van der Waals surface area contributed by atoms with Gasteiger partial charge in [0.15, 0.2) is 0 Å². The number of hydrogen-bond donors (Lipinski definition) is 4. The summed E-state index contributed by atoms with van der Waals surface area (Å²) in [4.78, 5) is 5.58. The second-order valence-electron chi connectivity index (χ2n) is 5.37. The normalized spacial score (nSPS) is 36.7. The molecule has 1 aromatic rings. The van der Waals surface area contributed by atoms with E-state index in [4.69, 9.17) is 14.7 Å². The van der Waals surface area contributed by atoms with Crippen molar-refractivity contribution in [1.82, 2.24) is 5.06 Å². The maximum atomic E-state index is 9.93. The van der Waals surface area contributed by atoms with E-state index >= 15 is 0 Å². The molecule has 5 atom stereocenters. The SMILES string of the molecule is OC[C@H]1OC(ON2Cc3ccccc3C2)[C@H](O)[C@@H](O)[C@@H]1O. The van der Waals surface area contributed by atoms with Gasteiger partial charge in [-0.25, -0.2) is 0 Å². The zero-order valence-electron chi connectivity index (χ0n) is 11.4. The predicted octanol–water partition coefficient (Wildman–Crippen LogP) is -1.27. The second-order valence-corrected chi connectivity index (χ2v) is 5.37. The lowest BCUT2D eigenvalue weighted by Gasteiger charge is -2.40. The van der Waals surface area contributed by atoms with Crippen molar-refractivity contribution in [3.05, 3.63) is 35.4 Å². The summed E-state index contributed by atoms with van der Waals surface area (Å²) < 4.78 is 5.32. The standard InChI is InChI=1S/C14H19NO6/c16-7-10-11(17)12(18)13(19)14(20-10)21-15-5-8-3-1-2-4-9(8)6-15/h1-4,10-14,16-19H,5-7H2/t10-,11-,12+,13-,14?/m1/s1. The van der Waals surface area contributed by atoms with Crippen LogP contribution in [0.25, 0.3) is 0 Å². The molecule has 0 radical (unpaired) electrons. The number of hydroxylamine groups is 2. The second kappa shape index (κ2) is 5.98. The number of hydrogen-bond acceptors (Lipinski definition) is 7. The van der Waals surface area contributed by atoms with Gasteiger partial charge in [-0.2, -0.15) is 5.06 Å². The van der Waals surface area contributed by atoms with Crippen molar-refractivity contribution in [1.29, 1.82) is 0 Å². The first-order chi connectivity index (χ1) is 10.1. The van der Waals surface area contributed by atoms with Crippen molar-refractivity contribution in [3.8, 4) is 0 Å². The van der Waals surface area contributed by atoms with E-state index in [1.807, 2.05) is 24.3 Å². The van der Waals surface area contributed by atoms with Gasteiger partial charge in [0.25, 0.3) is 0 Å². The molecule has 0 bridgehead atoms. The van der Waals surface area contributed by atoms with Gasteiger partial charge in [0.1, 0.15) is 24.4 Å². The van der Waals surface area contributed by atoms with Gasteiger partial charge in [0.2, 0.25) is 6.29 Å². The smallest absolute Gasteiger partial charge is 0.206 e. The highest BCUT2D eigenvalue weighted by Gasteiger charge is 2.45. The molecule has 1 saturated heterocycles. The molecule has 4 N–H and O–H groups in total. The highest BCUT2D eigenvalue weighted by Crippen LogP contribution is 2.27. The van der Waals surface area contributed by atoms with E-state index in [0.717, 1.165) is 11.1 Å². The Morgan fingerprint density at radius 1 is 1.05 bits per heavy atom. The summed E-state index contributed by atoms with van der Waals surface area (Å²) in [5.74, 6) is 0. The Bertz CT molecular complexity index is 471. The molecule has 2 heterocycles. The maximum absolute atomic E-state index is 9.93. The van der Waals surface area contributed by atoms with E-state index in [0.29, 0.717) is 13.1 Å². The van der Waals surface area contributed by atoms with Crippen molar-refractivity contribution in [3.63, 3.8) is 0 Å². The Hall–Kier alpha value is -1.06. The molecule has 1 unspecified atom stereocenters. The summed E-state index contributed by atoms with van der Waals surface area (Å²) in [7, 11) is 0. The number of nitrogens with zero attached hydrogens (tertiary/aromatic N) is 1. The summed E-state index contributed by atoms with van der Waals surface area (Å²) in [6.45, 7) is 0.626. The Morgan fingerprint density at radius 3 is 2.24 bits per heavy atom. The van der Waals surface area contributed by atoms with Crippen LogP contribution in [-0.4, -0.2) is 62.8 Å². The topological polar surface area (TPSA) is 103 Å². The van der Waals surface area contributed by atoms with Gasteiger partial charge in [0.05, 0.1) is 6.61 Å². The van der Waals surface area contributed by atoms with Crippen LogP contribution in [0.4, 0.5) is 0 Å². The predicted molar refractivity (Wildman–Crippen MR) is 70.5 cm³/mol. The Labute approximate surface area is 121 Å². The fraction of sp³-hybridized carbons (Fsp3) is 0.571. The largest absolute Gasteiger partial charge is 0.394 e. The van der Waals surface area contributed by atoms with Gasteiger partial charge in [-0.05, 0) is 11.1 Å². The fourth-order valence-electron chi connectivity index (χ4n) is 2.68. The molecule has 1 fully saturated rings. The van der Waals surface area contributed by atoms with Crippen LogP contribution < -0.4 is 0 Å². The number of aliphatic hydroxyl groups excluding tert-OH is 4. The minimum absolute atomic E-state index is 0.467. The molecule has 116 valence electrons. The summed E-state index contributed by atoms with van der Waals surface area (Å²) in [6, 6.07) is 7.87. The monoisotopic (exact) mass is 297 g/mol. The van der Waals surface area contributed by atoms with Gasteiger partial charge in [-0.15, -0.1) is 0 Å². The molecule has 3 rings (SSSR count). The van der Waals surface area contributed by atoms with Gasteiger partial charge in [-0.1, -0.05) is 24.3 Å². The minimum atomic E-state index is -1.43. The highest BCUT2D eigenvalue weighted by atomic mass is 16.8. The van der Waals surface area contributed by atoms with Crippen LogP contribution in [0.15, 0.2) is 24.3 Å². The van der Waals surface area contributed by atoms with Crippen LogP contribution in [0.2, 0.25) is 0 Å². The Balaban J connectivity index is 1.65. The lowest BCUT2D eigenvalue weighted by molar-refractivity contribution is -0.364. The summed E-state index contributed by atoms with van der Waals surface area (Å²) in [5.41, 5.74) is 2.25. The number of rotatable bonds is 3. The van der Waals surface area contributed by atoms with Crippen molar-refractivity contribution in [2.75, 3.05) is 6.61 Å². The van der Waals surface area contributed by atoms with Gasteiger partial charge >= 0.3 is 0 Å². The van der Waals surface area contributed by atoms with Gasteiger partial charge in [0, 0.05) is 13.1 Å². The van der Waals surface area contributed by atoms with E-state index in [9.17, 15) is 15.3 Å². The van der Waals surface area contributed by atoms with Crippen molar-refractivity contribution < 1.29 is 30.0 Å². The molecule has 2 aliphatic heterocycles. The molecular weight excluding hydrogens is 278 g/mol. The quantitative estimate of drug-likeness (QED) is 0.552. The zero-order chi connectivity index (χ0) is 15.0. The van der Waals surface area contributed by atoms with Crippen LogP contribution in [0.1, 0.15) is 11.1 Å². The van der Waals surface area contributed by atoms with E-state index in [-0.39, 0.29) is 0 Å². The molecule has 2 aliphatic rings. The number of fused-ring (bicyclic) bond motifs is 1. The summed E-state index contributed by atoms with van der Waals surface area (Å²) in [5, 5.41) is 40.1. The average molecular weight is 297 g/mol. The lowest BCUT2D eigenvalue weighted by Crippen LogP contribution is -2.60. The molecule has 0 aromatic heterocycles. The Kier molecular flexibility index (Phi) is 4.23. The van der Waals surface area contributed by atoms with Crippen LogP contribution in [0, 0.1) is 0 Å². The molecule has 7 heteroatoms. The zero-order valence-corrected chi connectivity index (χ0v) is 11.4. The molecule has 0 amide bonds. The van der Waals surface area contributed by atoms with E-state index in [2.05, 4.69) is 0 Å².